The molecule has 1 saturated carbocycles. The summed E-state index contributed by atoms with van der Waals surface area (Å²) in [6.45, 7) is 2.37. The normalized spacial score (nSPS) is 27.6. The fraction of sp³-hybridized carbons (Fsp3) is 0.480. The molecule has 0 unspecified atom stereocenters. The third-order valence-corrected chi connectivity index (χ3v) is 7.15. The number of carbonyl (C=O) groups excluding carboxylic acids is 1. The second-order valence-corrected chi connectivity index (χ2v) is 9.03. The SMILES string of the molecule is O=C1N(CN2CCc3ccccc3C2)c2ccccc2C12O[C@@H]1CCCCC[C@H]1O2. The Labute approximate surface area is 177 Å². The Morgan fingerprint density at radius 3 is 2.40 bits per heavy atom. The highest BCUT2D eigenvalue weighted by atomic mass is 16.8. The predicted octanol–water partition coefficient (Wildman–Crippen LogP) is 3.95. The van der Waals surface area contributed by atoms with E-state index in [1.165, 1.54) is 17.5 Å². The molecule has 2 fully saturated rings. The molecule has 0 radical (unpaired) electrons. The van der Waals surface area contributed by atoms with Gasteiger partial charge in [-0.3, -0.25) is 14.6 Å². The molecule has 5 heteroatoms. The predicted molar refractivity (Wildman–Crippen MR) is 114 cm³/mol. The van der Waals surface area contributed by atoms with Gasteiger partial charge in [-0.05, 0) is 36.5 Å². The van der Waals surface area contributed by atoms with Crippen molar-refractivity contribution in [3.8, 4) is 0 Å². The van der Waals surface area contributed by atoms with E-state index in [-0.39, 0.29) is 18.1 Å². The van der Waals surface area contributed by atoms with E-state index in [0.29, 0.717) is 6.67 Å². The standard InChI is InChI=1S/C25H28N2O3/c28-24-25(29-22-12-2-1-3-13-23(22)30-25)20-10-6-7-11-21(20)27(24)17-26-15-14-18-8-4-5-9-19(18)16-26/h4-11,22-23H,1-3,12-17H2/t22-,23-/m1/s1. The van der Waals surface area contributed by atoms with E-state index in [2.05, 4.69) is 29.2 Å². The number of ether oxygens (including phenoxy) is 2. The van der Waals surface area contributed by atoms with E-state index >= 15 is 0 Å². The number of hydrogen-bond donors (Lipinski definition) is 0. The van der Waals surface area contributed by atoms with E-state index in [4.69, 9.17) is 9.47 Å². The lowest BCUT2D eigenvalue weighted by atomic mass is 10.0. The number of para-hydroxylation sites is 1. The topological polar surface area (TPSA) is 42.0 Å². The Morgan fingerprint density at radius 2 is 1.60 bits per heavy atom. The third-order valence-electron chi connectivity index (χ3n) is 7.15. The molecule has 6 rings (SSSR count). The van der Waals surface area contributed by atoms with Crippen LogP contribution in [0.3, 0.4) is 0 Å². The average Bonchev–Trinajstić information content (AvgIpc) is 3.15. The number of fused-ring (bicyclic) bond motifs is 4. The summed E-state index contributed by atoms with van der Waals surface area (Å²) in [5, 5.41) is 0. The maximum atomic E-state index is 13.8. The molecule has 3 aliphatic heterocycles. The Hall–Kier alpha value is -2.21. The molecule has 1 aliphatic carbocycles. The highest BCUT2D eigenvalue weighted by molar-refractivity contribution is 6.06. The Balaban J connectivity index is 1.29. The molecule has 5 nitrogen and oxygen atoms in total. The van der Waals surface area contributed by atoms with Crippen molar-refractivity contribution in [1.29, 1.82) is 0 Å². The highest BCUT2D eigenvalue weighted by Gasteiger charge is 2.61. The summed E-state index contributed by atoms with van der Waals surface area (Å²) in [6.07, 6.45) is 6.52. The third kappa shape index (κ3) is 2.83. The number of anilines is 1. The van der Waals surface area contributed by atoms with Crippen LogP contribution in [0.4, 0.5) is 5.69 Å². The van der Waals surface area contributed by atoms with Crippen LogP contribution in [0.2, 0.25) is 0 Å². The first kappa shape index (κ1) is 18.6. The summed E-state index contributed by atoms with van der Waals surface area (Å²) in [5.74, 6) is -1.31. The Bertz CT molecular complexity index is 960. The minimum atomic E-state index is -1.25. The van der Waals surface area contributed by atoms with Crippen LogP contribution in [0.1, 0.15) is 48.8 Å². The van der Waals surface area contributed by atoms with E-state index < -0.39 is 5.79 Å². The second kappa shape index (κ2) is 7.19. The summed E-state index contributed by atoms with van der Waals surface area (Å²) in [5.41, 5.74) is 4.58. The Kier molecular flexibility index (Phi) is 4.44. The van der Waals surface area contributed by atoms with Crippen LogP contribution >= 0.6 is 0 Å². The van der Waals surface area contributed by atoms with E-state index in [1.54, 1.807) is 0 Å². The van der Waals surface area contributed by atoms with E-state index in [1.807, 2.05) is 29.2 Å². The van der Waals surface area contributed by atoms with Crippen molar-refractivity contribution in [3.05, 3.63) is 65.2 Å². The van der Waals surface area contributed by atoms with Crippen molar-refractivity contribution in [2.75, 3.05) is 18.1 Å². The van der Waals surface area contributed by atoms with Crippen molar-refractivity contribution in [1.82, 2.24) is 4.90 Å². The van der Waals surface area contributed by atoms with Crippen LogP contribution in [0.15, 0.2) is 48.5 Å². The van der Waals surface area contributed by atoms with Crippen LogP contribution in [0.5, 0.6) is 0 Å². The van der Waals surface area contributed by atoms with Gasteiger partial charge in [0.25, 0.3) is 11.7 Å². The van der Waals surface area contributed by atoms with Crippen LogP contribution in [0.25, 0.3) is 0 Å². The van der Waals surface area contributed by atoms with Gasteiger partial charge in [0.15, 0.2) is 0 Å². The molecule has 156 valence electrons. The van der Waals surface area contributed by atoms with Gasteiger partial charge >= 0.3 is 0 Å². The smallest absolute Gasteiger partial charge is 0.293 e. The van der Waals surface area contributed by atoms with Gasteiger partial charge in [-0.1, -0.05) is 61.7 Å². The monoisotopic (exact) mass is 404 g/mol. The molecular formula is C25H28N2O3. The number of carbonyl (C=O) groups is 1. The van der Waals surface area contributed by atoms with Gasteiger partial charge in [0.1, 0.15) is 0 Å². The highest BCUT2D eigenvalue weighted by Crippen LogP contribution is 2.50. The van der Waals surface area contributed by atoms with Crippen molar-refractivity contribution in [2.24, 2.45) is 0 Å². The van der Waals surface area contributed by atoms with Crippen LogP contribution in [-0.2, 0) is 33.0 Å². The lowest BCUT2D eigenvalue weighted by molar-refractivity contribution is -0.191. The van der Waals surface area contributed by atoms with Gasteiger partial charge < -0.3 is 9.47 Å². The average molecular weight is 405 g/mol. The largest absolute Gasteiger partial charge is 0.332 e. The van der Waals surface area contributed by atoms with Crippen LogP contribution < -0.4 is 4.90 Å². The minimum absolute atomic E-state index is 0.0197. The lowest BCUT2D eigenvalue weighted by Gasteiger charge is -2.32. The fourth-order valence-corrected chi connectivity index (χ4v) is 5.60. The molecule has 0 N–H and O–H groups in total. The van der Waals surface area contributed by atoms with Gasteiger partial charge in [0, 0.05) is 18.7 Å². The zero-order chi connectivity index (χ0) is 20.1. The molecule has 4 aliphatic rings. The van der Waals surface area contributed by atoms with Gasteiger partial charge in [-0.15, -0.1) is 0 Å². The first-order chi connectivity index (χ1) is 14.7. The maximum absolute atomic E-state index is 13.8. The first-order valence-corrected chi connectivity index (χ1v) is 11.3. The summed E-state index contributed by atoms with van der Waals surface area (Å²) in [6, 6.07) is 16.6. The summed E-state index contributed by atoms with van der Waals surface area (Å²) in [7, 11) is 0. The molecule has 0 bridgehead atoms. The van der Waals surface area contributed by atoms with Gasteiger partial charge in [0.05, 0.1) is 24.6 Å². The van der Waals surface area contributed by atoms with Crippen molar-refractivity contribution in [3.63, 3.8) is 0 Å². The molecule has 1 amide bonds. The zero-order valence-electron chi connectivity index (χ0n) is 17.3. The molecule has 3 heterocycles. The molecule has 1 spiro atoms. The summed E-state index contributed by atoms with van der Waals surface area (Å²) in [4.78, 5) is 18.0. The maximum Gasteiger partial charge on any atom is 0.293 e. The molecule has 2 atom stereocenters. The van der Waals surface area contributed by atoms with Crippen molar-refractivity contribution < 1.29 is 14.3 Å². The molecule has 1 saturated heterocycles. The van der Waals surface area contributed by atoms with Gasteiger partial charge in [0.2, 0.25) is 0 Å². The summed E-state index contributed by atoms with van der Waals surface area (Å²) >= 11 is 0. The molecular weight excluding hydrogens is 376 g/mol. The van der Waals surface area contributed by atoms with Gasteiger partial charge in [-0.25, -0.2) is 0 Å². The van der Waals surface area contributed by atoms with Gasteiger partial charge in [-0.2, -0.15) is 0 Å². The minimum Gasteiger partial charge on any atom is -0.332 e. The summed E-state index contributed by atoms with van der Waals surface area (Å²) < 4.78 is 13.0. The molecule has 30 heavy (non-hydrogen) atoms. The van der Waals surface area contributed by atoms with Crippen molar-refractivity contribution in [2.45, 2.75) is 63.1 Å². The number of rotatable bonds is 2. The lowest BCUT2D eigenvalue weighted by Crippen LogP contribution is -2.47. The first-order valence-electron chi connectivity index (χ1n) is 11.3. The van der Waals surface area contributed by atoms with E-state index in [0.717, 1.165) is 56.4 Å². The number of nitrogens with zero attached hydrogens (tertiary/aromatic N) is 2. The van der Waals surface area contributed by atoms with Crippen LogP contribution in [0, 0.1) is 0 Å². The van der Waals surface area contributed by atoms with E-state index in [9.17, 15) is 4.79 Å². The Morgan fingerprint density at radius 1 is 0.900 bits per heavy atom. The second-order valence-electron chi connectivity index (χ2n) is 9.03. The quantitative estimate of drug-likeness (QED) is 0.760. The molecule has 2 aromatic carbocycles. The fourth-order valence-electron chi connectivity index (χ4n) is 5.60. The number of benzene rings is 2. The van der Waals surface area contributed by atoms with Crippen LogP contribution in [-0.4, -0.2) is 36.2 Å². The molecule has 0 aromatic heterocycles. The zero-order valence-corrected chi connectivity index (χ0v) is 17.3. The van der Waals surface area contributed by atoms with Crippen molar-refractivity contribution >= 4 is 11.6 Å². The number of hydrogen-bond acceptors (Lipinski definition) is 4. The molecule has 2 aromatic rings. The number of amides is 1.